The number of nitro benzene ring substituents is 1. The van der Waals surface area contributed by atoms with E-state index in [4.69, 9.17) is 0 Å². The third-order valence-electron chi connectivity index (χ3n) is 3.27. The van der Waals surface area contributed by atoms with E-state index in [1.807, 2.05) is 6.07 Å². The Morgan fingerprint density at radius 3 is 2.84 bits per heavy atom. The minimum Gasteiger partial charge on any atom is -0.391 e. The summed E-state index contributed by atoms with van der Waals surface area (Å²) in [4.78, 5) is 12.5. The minimum atomic E-state index is -0.486. The predicted molar refractivity (Wildman–Crippen MR) is 72.1 cm³/mol. The number of hydrogen-bond acceptors (Lipinski definition) is 5. The smallest absolute Gasteiger partial charge is 0.269 e. The van der Waals surface area contributed by atoms with Crippen molar-refractivity contribution in [2.75, 3.05) is 32.7 Å². The van der Waals surface area contributed by atoms with Gasteiger partial charge < -0.3 is 10.4 Å². The van der Waals surface area contributed by atoms with Crippen LogP contribution in [0.4, 0.5) is 5.69 Å². The molecule has 0 radical (unpaired) electrons. The molecule has 6 heteroatoms. The highest BCUT2D eigenvalue weighted by Crippen LogP contribution is 2.14. The molecule has 1 fully saturated rings. The molecule has 2 rings (SSSR count). The molecule has 1 aliphatic rings. The summed E-state index contributed by atoms with van der Waals surface area (Å²) in [5, 5.41) is 24.0. The lowest BCUT2D eigenvalue weighted by Gasteiger charge is -2.29. The van der Waals surface area contributed by atoms with Gasteiger partial charge >= 0.3 is 0 Å². The summed E-state index contributed by atoms with van der Waals surface area (Å²) in [6.07, 6.45) is -0.0360. The summed E-state index contributed by atoms with van der Waals surface area (Å²) in [5.74, 6) is 0. The molecule has 1 aromatic rings. The SMILES string of the molecule is O=[N+]([O-])c1cccc(CC(O)CN2CCNCC2)c1. The highest BCUT2D eigenvalue weighted by Gasteiger charge is 2.15. The Morgan fingerprint density at radius 2 is 2.16 bits per heavy atom. The number of nitro groups is 1. The Balaban J connectivity index is 1.88. The average molecular weight is 265 g/mol. The molecule has 1 saturated heterocycles. The monoisotopic (exact) mass is 265 g/mol. The average Bonchev–Trinajstić information content (AvgIpc) is 2.40. The molecule has 0 aliphatic carbocycles. The van der Waals surface area contributed by atoms with Crippen LogP contribution in [0, 0.1) is 10.1 Å². The number of nitrogens with zero attached hydrogens (tertiary/aromatic N) is 2. The molecular formula is C13H19N3O3. The molecule has 104 valence electrons. The molecule has 1 heterocycles. The van der Waals surface area contributed by atoms with Crippen LogP contribution in [0.25, 0.3) is 0 Å². The van der Waals surface area contributed by atoms with E-state index in [1.165, 1.54) is 12.1 Å². The minimum absolute atomic E-state index is 0.0758. The Kier molecular flexibility index (Phi) is 4.84. The van der Waals surface area contributed by atoms with Gasteiger partial charge in [-0.05, 0) is 12.0 Å². The Hall–Kier alpha value is -1.50. The lowest BCUT2D eigenvalue weighted by Crippen LogP contribution is -2.46. The van der Waals surface area contributed by atoms with Crippen molar-refractivity contribution < 1.29 is 10.0 Å². The largest absolute Gasteiger partial charge is 0.391 e. The zero-order valence-electron chi connectivity index (χ0n) is 10.8. The second-order valence-corrected chi connectivity index (χ2v) is 4.84. The molecule has 2 N–H and O–H groups in total. The number of rotatable bonds is 5. The third kappa shape index (κ3) is 4.27. The third-order valence-corrected chi connectivity index (χ3v) is 3.27. The number of hydrogen-bond donors (Lipinski definition) is 2. The van der Waals surface area contributed by atoms with Gasteiger partial charge in [0.25, 0.3) is 5.69 Å². The van der Waals surface area contributed by atoms with Gasteiger partial charge in [-0.15, -0.1) is 0 Å². The fourth-order valence-corrected chi connectivity index (χ4v) is 2.33. The molecule has 0 bridgehead atoms. The van der Waals surface area contributed by atoms with Crippen LogP contribution in [0.1, 0.15) is 5.56 Å². The Labute approximate surface area is 112 Å². The van der Waals surface area contributed by atoms with E-state index >= 15 is 0 Å². The van der Waals surface area contributed by atoms with Crippen LogP contribution < -0.4 is 5.32 Å². The number of aliphatic hydroxyl groups excluding tert-OH is 1. The zero-order chi connectivity index (χ0) is 13.7. The molecule has 0 saturated carbocycles. The van der Waals surface area contributed by atoms with Crippen LogP contribution in [0.5, 0.6) is 0 Å². The van der Waals surface area contributed by atoms with Crippen molar-refractivity contribution in [2.45, 2.75) is 12.5 Å². The first-order chi connectivity index (χ1) is 9.15. The summed E-state index contributed by atoms with van der Waals surface area (Å²) in [6, 6.07) is 6.46. The van der Waals surface area contributed by atoms with E-state index in [9.17, 15) is 15.2 Å². The van der Waals surface area contributed by atoms with Gasteiger partial charge in [0, 0.05) is 44.9 Å². The molecule has 0 spiro atoms. The van der Waals surface area contributed by atoms with Crippen LogP contribution in [0.15, 0.2) is 24.3 Å². The number of non-ortho nitro benzene ring substituents is 1. The highest BCUT2D eigenvalue weighted by molar-refractivity contribution is 5.34. The maximum atomic E-state index is 10.7. The molecule has 1 aromatic carbocycles. The second kappa shape index (κ2) is 6.60. The quantitative estimate of drug-likeness (QED) is 0.595. The molecule has 0 amide bonds. The number of benzene rings is 1. The van der Waals surface area contributed by atoms with E-state index in [-0.39, 0.29) is 5.69 Å². The van der Waals surface area contributed by atoms with E-state index in [2.05, 4.69) is 10.2 Å². The molecule has 1 atom stereocenters. The van der Waals surface area contributed by atoms with Crippen LogP contribution in [0.2, 0.25) is 0 Å². The standard InChI is InChI=1S/C13H19N3O3/c17-13(10-15-6-4-14-5-7-15)9-11-2-1-3-12(8-11)16(18)19/h1-3,8,13-14,17H,4-7,9-10H2. The van der Waals surface area contributed by atoms with Crippen molar-refractivity contribution in [3.8, 4) is 0 Å². The summed E-state index contributed by atoms with van der Waals surface area (Å²) >= 11 is 0. The fourth-order valence-electron chi connectivity index (χ4n) is 2.33. The van der Waals surface area contributed by atoms with E-state index in [1.54, 1.807) is 6.07 Å². The van der Waals surface area contributed by atoms with Gasteiger partial charge in [0.1, 0.15) is 0 Å². The van der Waals surface area contributed by atoms with Gasteiger partial charge in [0.2, 0.25) is 0 Å². The molecule has 1 aliphatic heterocycles. The lowest BCUT2D eigenvalue weighted by molar-refractivity contribution is -0.384. The topological polar surface area (TPSA) is 78.6 Å². The zero-order valence-corrected chi connectivity index (χ0v) is 10.8. The van der Waals surface area contributed by atoms with Crippen molar-refractivity contribution in [3.05, 3.63) is 39.9 Å². The first kappa shape index (κ1) is 13.9. The normalized spacial score (nSPS) is 18.2. The first-order valence-corrected chi connectivity index (χ1v) is 6.49. The Morgan fingerprint density at radius 1 is 1.42 bits per heavy atom. The van der Waals surface area contributed by atoms with Crippen LogP contribution >= 0.6 is 0 Å². The molecule has 19 heavy (non-hydrogen) atoms. The van der Waals surface area contributed by atoms with Gasteiger partial charge in [-0.1, -0.05) is 12.1 Å². The van der Waals surface area contributed by atoms with Gasteiger partial charge in [-0.3, -0.25) is 15.0 Å². The van der Waals surface area contributed by atoms with Crippen molar-refractivity contribution in [1.29, 1.82) is 0 Å². The van der Waals surface area contributed by atoms with Gasteiger partial charge in [0.05, 0.1) is 11.0 Å². The number of β-amino-alcohol motifs (C(OH)–C–C–N with tert-alkyl or cyclic N) is 1. The van der Waals surface area contributed by atoms with E-state index in [0.717, 1.165) is 31.7 Å². The molecule has 6 nitrogen and oxygen atoms in total. The first-order valence-electron chi connectivity index (χ1n) is 6.49. The van der Waals surface area contributed by atoms with Crippen LogP contribution in [-0.4, -0.2) is 53.8 Å². The fraction of sp³-hybridized carbons (Fsp3) is 0.538. The number of nitrogens with one attached hydrogen (secondary N) is 1. The second-order valence-electron chi connectivity index (χ2n) is 4.84. The van der Waals surface area contributed by atoms with Crippen molar-refractivity contribution in [2.24, 2.45) is 0 Å². The van der Waals surface area contributed by atoms with Crippen LogP contribution in [-0.2, 0) is 6.42 Å². The van der Waals surface area contributed by atoms with E-state index in [0.29, 0.717) is 13.0 Å². The van der Waals surface area contributed by atoms with Crippen LogP contribution in [0.3, 0.4) is 0 Å². The summed E-state index contributed by atoms with van der Waals surface area (Å²) in [5.41, 5.74) is 0.878. The van der Waals surface area contributed by atoms with Crippen molar-refractivity contribution >= 4 is 5.69 Å². The van der Waals surface area contributed by atoms with Gasteiger partial charge in [-0.25, -0.2) is 0 Å². The van der Waals surface area contributed by atoms with Crippen molar-refractivity contribution in [3.63, 3.8) is 0 Å². The number of aliphatic hydroxyl groups is 1. The maximum Gasteiger partial charge on any atom is 0.269 e. The van der Waals surface area contributed by atoms with Gasteiger partial charge in [0.15, 0.2) is 0 Å². The van der Waals surface area contributed by atoms with Gasteiger partial charge in [-0.2, -0.15) is 0 Å². The molecule has 1 unspecified atom stereocenters. The lowest BCUT2D eigenvalue weighted by atomic mass is 10.1. The maximum absolute atomic E-state index is 10.7. The highest BCUT2D eigenvalue weighted by atomic mass is 16.6. The van der Waals surface area contributed by atoms with E-state index < -0.39 is 11.0 Å². The molecule has 0 aromatic heterocycles. The summed E-state index contributed by atoms with van der Waals surface area (Å²) < 4.78 is 0. The summed E-state index contributed by atoms with van der Waals surface area (Å²) in [6.45, 7) is 4.38. The number of piperazine rings is 1. The summed E-state index contributed by atoms with van der Waals surface area (Å²) in [7, 11) is 0. The molecular weight excluding hydrogens is 246 g/mol. The van der Waals surface area contributed by atoms with Crippen molar-refractivity contribution in [1.82, 2.24) is 10.2 Å². The predicted octanol–water partition coefficient (Wildman–Crippen LogP) is 0.403. The Bertz CT molecular complexity index is 433.